The van der Waals surface area contributed by atoms with Crippen LogP contribution in [0.3, 0.4) is 0 Å². The molecule has 1 aliphatic rings. The van der Waals surface area contributed by atoms with Gasteiger partial charge >= 0.3 is 6.61 Å². The zero-order valence-electron chi connectivity index (χ0n) is 15.3. The van der Waals surface area contributed by atoms with Crippen LogP contribution in [0.4, 0.5) is 8.78 Å². The summed E-state index contributed by atoms with van der Waals surface area (Å²) in [5.41, 5.74) is 6.58. The highest BCUT2D eigenvalue weighted by molar-refractivity contribution is 6.08. The second kappa shape index (κ2) is 7.93. The lowest BCUT2D eigenvalue weighted by Crippen LogP contribution is -2.41. The number of ether oxygens (including phenoxy) is 1. The van der Waals surface area contributed by atoms with Crippen molar-refractivity contribution in [3.63, 3.8) is 0 Å². The molecule has 8 heteroatoms. The SMILES string of the molecule is CN1C(=O)C(c2ccc(OC(F)F)cc2)(c2cccc(CCCO)c2)N=C1N. The topological polar surface area (TPSA) is 88.2 Å². The molecule has 0 aliphatic carbocycles. The van der Waals surface area contributed by atoms with Crippen molar-refractivity contribution in [2.45, 2.75) is 25.0 Å². The van der Waals surface area contributed by atoms with E-state index in [1.165, 1.54) is 36.2 Å². The van der Waals surface area contributed by atoms with E-state index in [1.807, 2.05) is 18.2 Å². The Morgan fingerprint density at radius 2 is 1.93 bits per heavy atom. The van der Waals surface area contributed by atoms with Crippen molar-refractivity contribution >= 4 is 11.9 Å². The highest BCUT2D eigenvalue weighted by atomic mass is 19.3. The summed E-state index contributed by atoms with van der Waals surface area (Å²) in [6.07, 6.45) is 1.24. The van der Waals surface area contributed by atoms with Gasteiger partial charge in [-0.1, -0.05) is 36.4 Å². The second-order valence-electron chi connectivity index (χ2n) is 6.48. The van der Waals surface area contributed by atoms with Gasteiger partial charge < -0.3 is 15.6 Å². The third-order valence-electron chi connectivity index (χ3n) is 4.71. The van der Waals surface area contributed by atoms with Crippen LogP contribution in [-0.4, -0.2) is 42.1 Å². The summed E-state index contributed by atoms with van der Waals surface area (Å²) >= 11 is 0. The molecule has 0 saturated carbocycles. The van der Waals surface area contributed by atoms with E-state index in [2.05, 4.69) is 9.73 Å². The van der Waals surface area contributed by atoms with E-state index in [1.54, 1.807) is 6.07 Å². The Labute approximate surface area is 161 Å². The fourth-order valence-electron chi connectivity index (χ4n) is 3.30. The molecular weight excluding hydrogens is 368 g/mol. The molecule has 0 saturated heterocycles. The van der Waals surface area contributed by atoms with Gasteiger partial charge in [0.15, 0.2) is 11.5 Å². The summed E-state index contributed by atoms with van der Waals surface area (Å²) in [6.45, 7) is -2.87. The fourth-order valence-corrected chi connectivity index (χ4v) is 3.30. The molecule has 28 heavy (non-hydrogen) atoms. The average Bonchev–Trinajstić information content (AvgIpc) is 2.92. The highest BCUT2D eigenvalue weighted by Crippen LogP contribution is 2.40. The number of carbonyl (C=O) groups excluding carboxylic acids is 1. The first-order chi connectivity index (χ1) is 13.4. The predicted octanol–water partition coefficient (Wildman–Crippen LogP) is 2.24. The molecule has 0 aromatic heterocycles. The van der Waals surface area contributed by atoms with Gasteiger partial charge in [-0.15, -0.1) is 0 Å². The molecule has 0 radical (unpaired) electrons. The maximum atomic E-state index is 13.2. The van der Waals surface area contributed by atoms with Gasteiger partial charge in [0, 0.05) is 13.7 Å². The van der Waals surface area contributed by atoms with Crippen LogP contribution >= 0.6 is 0 Å². The Hall–Kier alpha value is -3.00. The number of likely N-dealkylation sites (N-methyl/N-ethyl adjacent to an activating group) is 1. The Bertz CT molecular complexity index is 887. The van der Waals surface area contributed by atoms with Gasteiger partial charge in [0.1, 0.15) is 5.75 Å². The molecule has 1 amide bonds. The van der Waals surface area contributed by atoms with E-state index in [4.69, 9.17) is 10.8 Å². The number of halogens is 2. The first-order valence-electron chi connectivity index (χ1n) is 8.77. The lowest BCUT2D eigenvalue weighted by atomic mass is 9.82. The summed E-state index contributed by atoms with van der Waals surface area (Å²) < 4.78 is 29.3. The molecule has 6 nitrogen and oxygen atoms in total. The Morgan fingerprint density at radius 3 is 2.50 bits per heavy atom. The monoisotopic (exact) mass is 389 g/mol. The summed E-state index contributed by atoms with van der Waals surface area (Å²) in [5, 5.41) is 9.07. The van der Waals surface area contributed by atoms with Crippen LogP contribution in [0.2, 0.25) is 0 Å². The van der Waals surface area contributed by atoms with Gasteiger partial charge in [0.2, 0.25) is 0 Å². The Kier molecular flexibility index (Phi) is 5.60. The quantitative estimate of drug-likeness (QED) is 0.760. The van der Waals surface area contributed by atoms with Gasteiger partial charge in [-0.3, -0.25) is 9.69 Å². The minimum atomic E-state index is -2.93. The van der Waals surface area contributed by atoms with Crippen LogP contribution in [0, 0.1) is 0 Å². The van der Waals surface area contributed by atoms with Crippen LogP contribution in [0.25, 0.3) is 0 Å². The van der Waals surface area contributed by atoms with Crippen LogP contribution in [0.15, 0.2) is 53.5 Å². The first-order valence-corrected chi connectivity index (χ1v) is 8.77. The number of aliphatic hydroxyl groups is 1. The Morgan fingerprint density at radius 1 is 1.21 bits per heavy atom. The third-order valence-corrected chi connectivity index (χ3v) is 4.71. The van der Waals surface area contributed by atoms with Gasteiger partial charge in [-0.25, -0.2) is 4.99 Å². The summed E-state index contributed by atoms with van der Waals surface area (Å²) in [5.74, 6) is -0.285. The number of aryl methyl sites for hydroxylation is 1. The van der Waals surface area contributed by atoms with Crippen LogP contribution < -0.4 is 10.5 Å². The summed E-state index contributed by atoms with van der Waals surface area (Å²) in [4.78, 5) is 18.9. The van der Waals surface area contributed by atoms with E-state index >= 15 is 0 Å². The Balaban J connectivity index is 2.09. The van der Waals surface area contributed by atoms with Crippen LogP contribution in [0.5, 0.6) is 5.75 Å². The molecule has 148 valence electrons. The smallest absolute Gasteiger partial charge is 0.387 e. The number of amides is 1. The zero-order valence-corrected chi connectivity index (χ0v) is 15.3. The first kappa shape index (κ1) is 19.8. The molecule has 1 unspecified atom stereocenters. The number of hydrogen-bond acceptors (Lipinski definition) is 5. The maximum absolute atomic E-state index is 13.2. The van der Waals surface area contributed by atoms with Crippen molar-refractivity contribution in [2.75, 3.05) is 13.7 Å². The van der Waals surface area contributed by atoms with E-state index in [9.17, 15) is 13.6 Å². The number of aliphatic imine (C=N–C) groups is 1. The number of rotatable bonds is 7. The largest absolute Gasteiger partial charge is 0.435 e. The van der Waals surface area contributed by atoms with Crippen molar-refractivity contribution in [1.82, 2.24) is 4.90 Å². The molecular formula is C20H21F2N3O3. The van der Waals surface area contributed by atoms with Crippen molar-refractivity contribution in [3.8, 4) is 5.75 Å². The number of nitrogens with zero attached hydrogens (tertiary/aromatic N) is 2. The number of nitrogens with two attached hydrogens (primary N) is 1. The minimum absolute atomic E-state index is 0.0126. The van der Waals surface area contributed by atoms with Gasteiger partial charge in [0.05, 0.1) is 0 Å². The van der Waals surface area contributed by atoms with E-state index < -0.39 is 12.2 Å². The number of alkyl halides is 2. The molecule has 3 N–H and O–H groups in total. The second-order valence-corrected chi connectivity index (χ2v) is 6.48. The number of carbonyl (C=O) groups is 1. The molecule has 1 heterocycles. The number of aliphatic hydroxyl groups excluding tert-OH is 1. The molecule has 3 rings (SSSR count). The molecule has 2 aromatic carbocycles. The molecule has 0 spiro atoms. The normalized spacial score (nSPS) is 19.2. The van der Waals surface area contributed by atoms with Gasteiger partial charge in [0.25, 0.3) is 5.91 Å². The lowest BCUT2D eigenvalue weighted by molar-refractivity contribution is -0.129. The minimum Gasteiger partial charge on any atom is -0.435 e. The summed E-state index contributed by atoms with van der Waals surface area (Å²) in [7, 11) is 1.53. The number of hydrogen-bond donors (Lipinski definition) is 2. The van der Waals surface area contributed by atoms with Crippen LogP contribution in [0.1, 0.15) is 23.1 Å². The number of benzene rings is 2. The highest BCUT2D eigenvalue weighted by Gasteiger charge is 2.49. The average molecular weight is 389 g/mol. The van der Waals surface area contributed by atoms with Crippen molar-refractivity contribution in [2.24, 2.45) is 10.7 Å². The maximum Gasteiger partial charge on any atom is 0.387 e. The molecule has 2 aromatic rings. The fraction of sp³-hybridized carbons (Fsp3) is 0.300. The molecule has 0 fully saturated rings. The van der Waals surface area contributed by atoms with E-state index in [0.717, 1.165) is 5.56 Å². The van der Waals surface area contributed by atoms with Crippen molar-refractivity contribution < 1.29 is 23.4 Å². The van der Waals surface area contributed by atoms with Gasteiger partial charge in [-0.05, 0) is 41.7 Å². The number of guanidine groups is 1. The van der Waals surface area contributed by atoms with E-state index in [0.29, 0.717) is 24.0 Å². The van der Waals surface area contributed by atoms with Crippen molar-refractivity contribution in [1.29, 1.82) is 0 Å². The van der Waals surface area contributed by atoms with Crippen molar-refractivity contribution in [3.05, 3.63) is 65.2 Å². The lowest BCUT2D eigenvalue weighted by Gasteiger charge is -2.26. The molecule has 0 bridgehead atoms. The molecule has 1 atom stereocenters. The van der Waals surface area contributed by atoms with Crippen LogP contribution in [-0.2, 0) is 16.8 Å². The molecule has 1 aliphatic heterocycles. The predicted molar refractivity (Wildman–Crippen MR) is 100 cm³/mol. The van der Waals surface area contributed by atoms with E-state index in [-0.39, 0.29) is 24.2 Å². The van der Waals surface area contributed by atoms with Gasteiger partial charge in [-0.2, -0.15) is 8.78 Å². The summed E-state index contributed by atoms with van der Waals surface area (Å²) in [6, 6.07) is 13.2. The standard InChI is InChI=1S/C20H21F2N3O3/c1-25-17(27)20(24-19(25)23,14-7-9-16(10-8-14)28-18(21)22)15-6-2-4-13(12-15)5-3-11-26/h2,4,6-10,12,18,26H,3,5,11H2,1H3,(H2,23,24). The zero-order chi connectivity index (χ0) is 20.3. The third kappa shape index (κ3) is 3.55.